The normalized spacial score (nSPS) is 14.9. The molecular weight excluding hydrogens is 183 g/mol. The molecule has 0 aliphatic rings. The monoisotopic (exact) mass is 198 g/mol. The van der Waals surface area contributed by atoms with Crippen LogP contribution in [0.1, 0.15) is 19.4 Å². The third-order valence-corrected chi connectivity index (χ3v) is 2.04. The predicted molar refractivity (Wildman–Crippen MR) is 53.2 cm³/mol. The van der Waals surface area contributed by atoms with Gasteiger partial charge < -0.3 is 9.84 Å². The molecule has 1 atom stereocenters. The molecule has 14 heavy (non-hydrogen) atoms. The van der Waals surface area contributed by atoms with Gasteiger partial charge in [0.2, 0.25) is 0 Å². The van der Waals surface area contributed by atoms with Crippen molar-refractivity contribution >= 4 is 0 Å². The Balaban J connectivity index is 2.93. The van der Waals surface area contributed by atoms with Gasteiger partial charge in [0.15, 0.2) is 5.67 Å². The summed E-state index contributed by atoms with van der Waals surface area (Å²) in [4.78, 5) is 0. The van der Waals surface area contributed by atoms with Gasteiger partial charge in [0.1, 0.15) is 5.75 Å². The number of ether oxygens (including phenoxy) is 1. The highest BCUT2D eigenvalue weighted by molar-refractivity contribution is 5.32. The number of rotatable bonds is 4. The van der Waals surface area contributed by atoms with Gasteiger partial charge in [-0.1, -0.05) is 12.1 Å². The largest absolute Gasteiger partial charge is 0.494 e. The number of hydrogen-bond donors (Lipinski definition) is 1. The minimum absolute atomic E-state index is 0.436. The maximum Gasteiger partial charge on any atom is 0.156 e. The van der Waals surface area contributed by atoms with Crippen molar-refractivity contribution in [2.75, 3.05) is 13.2 Å². The Morgan fingerprint density at radius 3 is 2.79 bits per heavy atom. The molecule has 0 aliphatic heterocycles. The second-order valence-corrected chi connectivity index (χ2v) is 3.32. The molecule has 0 fully saturated rings. The van der Waals surface area contributed by atoms with Crippen molar-refractivity contribution < 1.29 is 14.2 Å². The van der Waals surface area contributed by atoms with Crippen LogP contribution >= 0.6 is 0 Å². The molecular formula is C11H15FO2. The van der Waals surface area contributed by atoms with Crippen molar-refractivity contribution in [2.24, 2.45) is 0 Å². The summed E-state index contributed by atoms with van der Waals surface area (Å²) in [6.45, 7) is 3.24. The second kappa shape index (κ2) is 4.42. The molecule has 1 rings (SSSR count). The number of halogens is 1. The number of hydrogen-bond acceptors (Lipinski definition) is 2. The van der Waals surface area contributed by atoms with Crippen molar-refractivity contribution in [3.8, 4) is 5.75 Å². The topological polar surface area (TPSA) is 29.5 Å². The van der Waals surface area contributed by atoms with Crippen molar-refractivity contribution in [1.82, 2.24) is 0 Å². The average molecular weight is 198 g/mol. The predicted octanol–water partition coefficient (Wildman–Crippen LogP) is 2.26. The summed E-state index contributed by atoms with van der Waals surface area (Å²) in [7, 11) is 0. The first-order chi connectivity index (χ1) is 6.60. The Morgan fingerprint density at radius 2 is 2.21 bits per heavy atom. The van der Waals surface area contributed by atoms with Gasteiger partial charge in [0.25, 0.3) is 0 Å². The Labute approximate surface area is 83.3 Å². The molecule has 0 spiro atoms. The SMILES string of the molecule is CCOc1cccc(C(C)(F)CO)c1. The quantitative estimate of drug-likeness (QED) is 0.804. The first-order valence-corrected chi connectivity index (χ1v) is 4.63. The molecule has 0 heterocycles. The van der Waals surface area contributed by atoms with Crippen molar-refractivity contribution in [2.45, 2.75) is 19.5 Å². The fourth-order valence-corrected chi connectivity index (χ4v) is 1.17. The molecule has 0 saturated heterocycles. The summed E-state index contributed by atoms with van der Waals surface area (Å²) in [5.41, 5.74) is -1.27. The summed E-state index contributed by atoms with van der Waals surface area (Å²) in [6.07, 6.45) is 0. The van der Waals surface area contributed by atoms with Crippen LogP contribution in [0, 0.1) is 0 Å². The maximum absolute atomic E-state index is 13.7. The lowest BCUT2D eigenvalue weighted by molar-refractivity contribution is 0.0865. The summed E-state index contributed by atoms with van der Waals surface area (Å²) >= 11 is 0. The third-order valence-electron chi connectivity index (χ3n) is 2.04. The van der Waals surface area contributed by atoms with Gasteiger partial charge in [-0.2, -0.15) is 0 Å². The van der Waals surface area contributed by atoms with Gasteiger partial charge >= 0.3 is 0 Å². The molecule has 1 aromatic rings. The minimum atomic E-state index is -1.70. The first-order valence-electron chi connectivity index (χ1n) is 4.63. The van der Waals surface area contributed by atoms with E-state index in [0.29, 0.717) is 17.9 Å². The van der Waals surface area contributed by atoms with Crippen LogP contribution in [-0.4, -0.2) is 18.3 Å². The van der Waals surface area contributed by atoms with Crippen LogP contribution in [0.15, 0.2) is 24.3 Å². The van der Waals surface area contributed by atoms with Crippen LogP contribution in [0.2, 0.25) is 0 Å². The highest BCUT2D eigenvalue weighted by atomic mass is 19.1. The average Bonchev–Trinajstić information content (AvgIpc) is 2.19. The molecule has 0 saturated carbocycles. The highest BCUT2D eigenvalue weighted by Crippen LogP contribution is 2.27. The molecule has 0 bridgehead atoms. The lowest BCUT2D eigenvalue weighted by Crippen LogP contribution is -2.20. The molecule has 0 aliphatic carbocycles. The van der Waals surface area contributed by atoms with Gasteiger partial charge in [-0.05, 0) is 31.5 Å². The molecule has 0 radical (unpaired) electrons. The first kappa shape index (κ1) is 11.0. The molecule has 1 aromatic carbocycles. The van der Waals surface area contributed by atoms with E-state index in [-0.39, 0.29) is 0 Å². The number of aliphatic hydroxyl groups excluding tert-OH is 1. The van der Waals surface area contributed by atoms with Gasteiger partial charge in [-0.25, -0.2) is 4.39 Å². The minimum Gasteiger partial charge on any atom is -0.494 e. The van der Waals surface area contributed by atoms with Crippen LogP contribution < -0.4 is 4.74 Å². The van der Waals surface area contributed by atoms with Gasteiger partial charge in [0.05, 0.1) is 13.2 Å². The standard InChI is InChI=1S/C11H15FO2/c1-3-14-10-6-4-5-9(7-10)11(2,12)8-13/h4-7,13H,3,8H2,1-2H3. The number of benzene rings is 1. The number of aliphatic hydroxyl groups is 1. The Hall–Kier alpha value is -1.09. The summed E-state index contributed by atoms with van der Waals surface area (Å²) in [5.74, 6) is 0.627. The lowest BCUT2D eigenvalue weighted by Gasteiger charge is -2.18. The second-order valence-electron chi connectivity index (χ2n) is 3.32. The van der Waals surface area contributed by atoms with E-state index >= 15 is 0 Å². The fourth-order valence-electron chi connectivity index (χ4n) is 1.17. The maximum atomic E-state index is 13.7. The van der Waals surface area contributed by atoms with Crippen molar-refractivity contribution in [3.05, 3.63) is 29.8 Å². The zero-order valence-electron chi connectivity index (χ0n) is 8.46. The van der Waals surface area contributed by atoms with Gasteiger partial charge in [0, 0.05) is 0 Å². The molecule has 78 valence electrons. The van der Waals surface area contributed by atoms with Crippen molar-refractivity contribution in [1.29, 1.82) is 0 Å². The third kappa shape index (κ3) is 2.45. The van der Waals surface area contributed by atoms with Crippen LogP contribution in [0.5, 0.6) is 5.75 Å². The van der Waals surface area contributed by atoms with E-state index in [1.165, 1.54) is 6.92 Å². The van der Waals surface area contributed by atoms with Crippen LogP contribution in [-0.2, 0) is 5.67 Å². The van der Waals surface area contributed by atoms with E-state index in [4.69, 9.17) is 9.84 Å². The van der Waals surface area contributed by atoms with Crippen LogP contribution in [0.3, 0.4) is 0 Å². The summed E-state index contributed by atoms with van der Waals surface area (Å²) < 4.78 is 18.9. The summed E-state index contributed by atoms with van der Waals surface area (Å²) in [5, 5.41) is 8.85. The molecule has 1 unspecified atom stereocenters. The van der Waals surface area contributed by atoms with Crippen LogP contribution in [0.4, 0.5) is 4.39 Å². The smallest absolute Gasteiger partial charge is 0.156 e. The van der Waals surface area contributed by atoms with E-state index in [1.807, 2.05) is 6.92 Å². The lowest BCUT2D eigenvalue weighted by atomic mass is 9.99. The van der Waals surface area contributed by atoms with Gasteiger partial charge in [-0.15, -0.1) is 0 Å². The Bertz CT molecular complexity index is 297. The highest BCUT2D eigenvalue weighted by Gasteiger charge is 2.24. The Kier molecular flexibility index (Phi) is 3.47. The molecule has 0 amide bonds. The zero-order chi connectivity index (χ0) is 10.6. The molecule has 1 N–H and O–H groups in total. The Morgan fingerprint density at radius 1 is 1.50 bits per heavy atom. The zero-order valence-corrected chi connectivity index (χ0v) is 8.46. The fraction of sp³-hybridized carbons (Fsp3) is 0.455. The van der Waals surface area contributed by atoms with Gasteiger partial charge in [-0.3, -0.25) is 0 Å². The number of alkyl halides is 1. The van der Waals surface area contributed by atoms with E-state index in [2.05, 4.69) is 0 Å². The summed E-state index contributed by atoms with van der Waals surface area (Å²) in [6, 6.07) is 6.73. The van der Waals surface area contributed by atoms with E-state index in [0.717, 1.165) is 0 Å². The van der Waals surface area contributed by atoms with E-state index in [9.17, 15) is 4.39 Å². The van der Waals surface area contributed by atoms with E-state index < -0.39 is 12.3 Å². The molecule has 2 nitrogen and oxygen atoms in total. The van der Waals surface area contributed by atoms with Crippen LogP contribution in [0.25, 0.3) is 0 Å². The molecule has 3 heteroatoms. The van der Waals surface area contributed by atoms with Crippen molar-refractivity contribution in [3.63, 3.8) is 0 Å². The van der Waals surface area contributed by atoms with E-state index in [1.54, 1.807) is 24.3 Å². The molecule has 0 aromatic heterocycles.